The third-order valence-corrected chi connectivity index (χ3v) is 3.42. The first-order valence-electron chi connectivity index (χ1n) is 7.42. The third-order valence-electron chi connectivity index (χ3n) is 3.42. The second-order valence-corrected chi connectivity index (χ2v) is 5.23. The Balaban J connectivity index is 1.80. The van der Waals surface area contributed by atoms with Gasteiger partial charge in [-0.15, -0.1) is 0 Å². The van der Waals surface area contributed by atoms with E-state index in [1.807, 2.05) is 73.7 Å². The van der Waals surface area contributed by atoms with E-state index in [0.29, 0.717) is 17.0 Å². The molecule has 0 heterocycles. The topological polar surface area (TPSA) is 38.3 Å². The summed E-state index contributed by atoms with van der Waals surface area (Å²) in [4.78, 5) is 12.3. The maximum Gasteiger partial charge on any atom is 0.255 e. The molecule has 0 unspecified atom stereocenters. The van der Waals surface area contributed by atoms with Gasteiger partial charge in [-0.25, -0.2) is 0 Å². The third kappa shape index (κ3) is 3.77. The molecule has 3 aromatic rings. The minimum absolute atomic E-state index is 0.162. The highest BCUT2D eigenvalue weighted by Crippen LogP contribution is 2.29. The van der Waals surface area contributed by atoms with Crippen molar-refractivity contribution in [2.45, 2.75) is 6.92 Å². The highest BCUT2D eigenvalue weighted by molar-refractivity contribution is 6.05. The van der Waals surface area contributed by atoms with E-state index in [-0.39, 0.29) is 5.91 Å². The number of nitrogens with one attached hydrogen (secondary N) is 1. The van der Waals surface area contributed by atoms with Crippen molar-refractivity contribution in [1.29, 1.82) is 0 Å². The number of para-hydroxylation sites is 2. The summed E-state index contributed by atoms with van der Waals surface area (Å²) >= 11 is 0. The predicted octanol–water partition coefficient (Wildman–Crippen LogP) is 5.04. The number of carbonyl (C=O) groups excluding carboxylic acids is 1. The van der Waals surface area contributed by atoms with Crippen molar-refractivity contribution in [3.63, 3.8) is 0 Å². The van der Waals surface area contributed by atoms with E-state index in [0.717, 1.165) is 5.75 Å². The van der Waals surface area contributed by atoms with Gasteiger partial charge in [-0.2, -0.15) is 0 Å². The SMILES string of the molecule is Cc1ccc(Oc2ccccc2NC(=O)c2ccccc2)cc1. The molecule has 0 aliphatic rings. The summed E-state index contributed by atoms with van der Waals surface area (Å²) in [7, 11) is 0. The van der Waals surface area contributed by atoms with Crippen LogP contribution in [-0.4, -0.2) is 5.91 Å². The Morgan fingerprint density at radius 3 is 2.22 bits per heavy atom. The number of carbonyl (C=O) groups is 1. The van der Waals surface area contributed by atoms with Gasteiger partial charge in [0.25, 0.3) is 5.91 Å². The minimum Gasteiger partial charge on any atom is -0.455 e. The molecule has 114 valence electrons. The monoisotopic (exact) mass is 303 g/mol. The second kappa shape index (κ2) is 6.79. The van der Waals surface area contributed by atoms with Crippen LogP contribution in [0.3, 0.4) is 0 Å². The molecule has 0 atom stereocenters. The number of amides is 1. The maximum absolute atomic E-state index is 12.3. The molecule has 23 heavy (non-hydrogen) atoms. The van der Waals surface area contributed by atoms with Gasteiger partial charge in [-0.1, -0.05) is 48.0 Å². The summed E-state index contributed by atoms with van der Waals surface area (Å²) < 4.78 is 5.89. The van der Waals surface area contributed by atoms with Crippen LogP contribution in [0.25, 0.3) is 0 Å². The number of benzene rings is 3. The molecule has 0 aromatic heterocycles. The number of hydrogen-bond acceptors (Lipinski definition) is 2. The lowest BCUT2D eigenvalue weighted by molar-refractivity contribution is 0.102. The smallest absolute Gasteiger partial charge is 0.255 e. The van der Waals surface area contributed by atoms with Gasteiger partial charge < -0.3 is 10.1 Å². The zero-order valence-corrected chi connectivity index (χ0v) is 12.8. The average molecular weight is 303 g/mol. The zero-order valence-electron chi connectivity index (χ0n) is 12.8. The van der Waals surface area contributed by atoms with Gasteiger partial charge in [0.05, 0.1) is 5.69 Å². The lowest BCUT2D eigenvalue weighted by Crippen LogP contribution is -2.12. The molecular weight excluding hydrogens is 286 g/mol. The van der Waals surface area contributed by atoms with Crippen LogP contribution in [0.2, 0.25) is 0 Å². The van der Waals surface area contributed by atoms with Crippen LogP contribution in [0.15, 0.2) is 78.9 Å². The van der Waals surface area contributed by atoms with Gasteiger partial charge in [0, 0.05) is 5.56 Å². The normalized spacial score (nSPS) is 10.1. The molecule has 3 heteroatoms. The fourth-order valence-electron chi connectivity index (χ4n) is 2.18. The standard InChI is InChI=1S/C20H17NO2/c1-15-11-13-17(14-12-15)23-19-10-6-5-9-18(19)21-20(22)16-7-3-2-4-8-16/h2-14H,1H3,(H,21,22). The molecule has 0 aliphatic heterocycles. The molecule has 0 radical (unpaired) electrons. The summed E-state index contributed by atoms with van der Waals surface area (Å²) in [5.74, 6) is 1.18. The van der Waals surface area contributed by atoms with E-state index in [4.69, 9.17) is 4.74 Å². The van der Waals surface area contributed by atoms with Crippen LogP contribution in [0.5, 0.6) is 11.5 Å². The van der Waals surface area contributed by atoms with E-state index in [1.54, 1.807) is 12.1 Å². The van der Waals surface area contributed by atoms with Gasteiger partial charge in [-0.3, -0.25) is 4.79 Å². The Labute approximate surface area is 135 Å². The van der Waals surface area contributed by atoms with Crippen molar-refractivity contribution in [3.05, 3.63) is 90.0 Å². The number of anilines is 1. The van der Waals surface area contributed by atoms with E-state index >= 15 is 0 Å². The van der Waals surface area contributed by atoms with Gasteiger partial charge in [-0.05, 0) is 43.3 Å². The molecule has 0 spiro atoms. The van der Waals surface area contributed by atoms with Crippen LogP contribution in [0, 0.1) is 6.92 Å². The Morgan fingerprint density at radius 2 is 1.48 bits per heavy atom. The van der Waals surface area contributed by atoms with Crippen LogP contribution in [-0.2, 0) is 0 Å². The Kier molecular flexibility index (Phi) is 4.39. The fourth-order valence-corrected chi connectivity index (χ4v) is 2.18. The molecular formula is C20H17NO2. The van der Waals surface area contributed by atoms with E-state index in [9.17, 15) is 4.79 Å². The van der Waals surface area contributed by atoms with Gasteiger partial charge in [0.1, 0.15) is 5.75 Å². The number of aryl methyl sites for hydroxylation is 1. The average Bonchev–Trinajstić information content (AvgIpc) is 2.59. The van der Waals surface area contributed by atoms with Crippen LogP contribution in [0.4, 0.5) is 5.69 Å². The van der Waals surface area contributed by atoms with Crippen molar-refractivity contribution in [1.82, 2.24) is 0 Å². The summed E-state index contributed by atoms with van der Waals surface area (Å²) in [6, 6.07) is 24.3. The predicted molar refractivity (Wildman–Crippen MR) is 92.1 cm³/mol. The highest BCUT2D eigenvalue weighted by atomic mass is 16.5. The number of rotatable bonds is 4. The van der Waals surface area contributed by atoms with Crippen LogP contribution in [0.1, 0.15) is 15.9 Å². The molecule has 0 aliphatic carbocycles. The number of ether oxygens (including phenoxy) is 1. The van der Waals surface area contributed by atoms with E-state index in [1.165, 1.54) is 5.56 Å². The van der Waals surface area contributed by atoms with E-state index < -0.39 is 0 Å². The fraction of sp³-hybridized carbons (Fsp3) is 0.0500. The zero-order chi connectivity index (χ0) is 16.1. The Hall–Kier alpha value is -3.07. The molecule has 1 N–H and O–H groups in total. The van der Waals surface area contributed by atoms with Gasteiger partial charge >= 0.3 is 0 Å². The van der Waals surface area contributed by atoms with Gasteiger partial charge in [0.2, 0.25) is 0 Å². The second-order valence-electron chi connectivity index (χ2n) is 5.23. The van der Waals surface area contributed by atoms with Crippen molar-refractivity contribution in [3.8, 4) is 11.5 Å². The lowest BCUT2D eigenvalue weighted by atomic mass is 10.2. The summed E-state index contributed by atoms with van der Waals surface area (Å²) in [6.07, 6.45) is 0. The van der Waals surface area contributed by atoms with Crippen molar-refractivity contribution < 1.29 is 9.53 Å². The first kappa shape index (κ1) is 14.9. The largest absolute Gasteiger partial charge is 0.455 e. The van der Waals surface area contributed by atoms with Crippen molar-refractivity contribution in [2.24, 2.45) is 0 Å². The van der Waals surface area contributed by atoms with E-state index in [2.05, 4.69) is 5.32 Å². The molecule has 1 amide bonds. The summed E-state index contributed by atoms with van der Waals surface area (Å²) in [5, 5.41) is 2.89. The molecule has 3 aromatic carbocycles. The number of hydrogen-bond donors (Lipinski definition) is 1. The van der Waals surface area contributed by atoms with Crippen molar-refractivity contribution >= 4 is 11.6 Å². The quantitative estimate of drug-likeness (QED) is 0.733. The molecule has 3 rings (SSSR count). The van der Waals surface area contributed by atoms with Crippen LogP contribution < -0.4 is 10.1 Å². The minimum atomic E-state index is -0.162. The van der Waals surface area contributed by atoms with Crippen molar-refractivity contribution in [2.75, 3.05) is 5.32 Å². The molecule has 0 fully saturated rings. The van der Waals surface area contributed by atoms with Crippen LogP contribution >= 0.6 is 0 Å². The lowest BCUT2D eigenvalue weighted by Gasteiger charge is -2.12. The first-order chi connectivity index (χ1) is 11.2. The Bertz CT molecular complexity index is 795. The first-order valence-corrected chi connectivity index (χ1v) is 7.42. The Morgan fingerprint density at radius 1 is 0.826 bits per heavy atom. The molecule has 3 nitrogen and oxygen atoms in total. The highest BCUT2D eigenvalue weighted by Gasteiger charge is 2.09. The molecule has 0 saturated carbocycles. The maximum atomic E-state index is 12.3. The molecule has 0 saturated heterocycles. The van der Waals surface area contributed by atoms with Gasteiger partial charge in [0.15, 0.2) is 5.75 Å². The summed E-state index contributed by atoms with van der Waals surface area (Å²) in [6.45, 7) is 2.03. The molecule has 0 bridgehead atoms. The summed E-state index contributed by atoms with van der Waals surface area (Å²) in [5.41, 5.74) is 2.42.